The Balaban J connectivity index is 0.00000544. The summed E-state index contributed by atoms with van der Waals surface area (Å²) in [6.45, 7) is 3.85. The van der Waals surface area contributed by atoms with E-state index in [4.69, 9.17) is 5.11 Å². The summed E-state index contributed by atoms with van der Waals surface area (Å²) in [5.74, 6) is -1.39. The molecule has 0 aliphatic heterocycles. The monoisotopic (exact) mass is 507 g/mol. The minimum atomic E-state index is -1.37. The molecule has 0 aliphatic carbocycles. The molecule has 33 heavy (non-hydrogen) atoms. The molecule has 0 amide bonds. The second-order valence-electron chi connectivity index (χ2n) is 7.67. The van der Waals surface area contributed by atoms with Crippen LogP contribution in [-0.2, 0) is 16.2 Å². The molecule has 11 heteroatoms. The van der Waals surface area contributed by atoms with Crippen LogP contribution in [0.5, 0.6) is 0 Å². The number of carboxylic acids is 1. The van der Waals surface area contributed by atoms with Crippen LogP contribution in [0.2, 0.25) is 0 Å². The number of halogens is 1. The SMILES string of the molecule is CC(C)c1nc(N(C)[S+](C)[O-])nc(-c2ccc(F)cc2)c1C=C[C@@H](O)C[C@@H](O)CC(=O)O.[CaH2]. The quantitative estimate of drug-likeness (QED) is 0.328. The Hall–Kier alpha value is -1.27. The van der Waals surface area contributed by atoms with Gasteiger partial charge in [0.15, 0.2) is 0 Å². The van der Waals surface area contributed by atoms with Gasteiger partial charge >= 0.3 is 43.7 Å². The maximum atomic E-state index is 13.5. The Morgan fingerprint density at radius 3 is 2.36 bits per heavy atom. The zero-order chi connectivity index (χ0) is 24.0. The Labute approximate surface area is 225 Å². The Kier molecular flexibility index (Phi) is 12.2. The molecular weight excluding hydrogens is 477 g/mol. The van der Waals surface area contributed by atoms with Gasteiger partial charge in [-0.1, -0.05) is 26.0 Å². The number of anilines is 1. The first-order valence-corrected chi connectivity index (χ1v) is 11.5. The first kappa shape index (κ1) is 29.8. The Bertz CT molecular complexity index is 960. The summed E-state index contributed by atoms with van der Waals surface area (Å²) in [6, 6.07) is 5.74. The van der Waals surface area contributed by atoms with Gasteiger partial charge < -0.3 is 19.9 Å². The predicted molar refractivity (Wildman–Crippen MR) is 130 cm³/mol. The van der Waals surface area contributed by atoms with Gasteiger partial charge in [0.05, 0.1) is 48.4 Å². The number of aliphatic carboxylic acids is 1. The Morgan fingerprint density at radius 2 is 1.85 bits per heavy atom. The summed E-state index contributed by atoms with van der Waals surface area (Å²) in [5.41, 5.74) is 2.27. The molecule has 178 valence electrons. The maximum absolute atomic E-state index is 13.5. The number of aromatic nitrogens is 2. The molecule has 1 aromatic carbocycles. The number of hydrogen-bond acceptors (Lipinski definition) is 7. The van der Waals surface area contributed by atoms with Crippen molar-refractivity contribution in [3.05, 3.63) is 47.4 Å². The third kappa shape index (κ3) is 8.79. The van der Waals surface area contributed by atoms with Crippen molar-refractivity contribution in [2.45, 2.75) is 44.8 Å². The van der Waals surface area contributed by atoms with E-state index in [0.29, 0.717) is 22.5 Å². The van der Waals surface area contributed by atoms with E-state index in [2.05, 4.69) is 9.97 Å². The second-order valence-corrected chi connectivity index (χ2v) is 9.06. The van der Waals surface area contributed by atoms with Crippen molar-refractivity contribution in [3.63, 3.8) is 0 Å². The van der Waals surface area contributed by atoms with Crippen molar-refractivity contribution < 1.29 is 29.1 Å². The third-order valence-corrected chi connectivity index (χ3v) is 5.64. The molecule has 0 fully saturated rings. The van der Waals surface area contributed by atoms with Gasteiger partial charge in [-0.25, -0.2) is 14.4 Å². The van der Waals surface area contributed by atoms with Crippen LogP contribution < -0.4 is 4.31 Å². The standard InChI is InChI=1S/C22H28FN3O5S.Ca.2H/c1-13(2)20-18(10-9-16(27)11-17(28)12-19(29)30)21(14-5-7-15(23)8-6-14)25-22(24-20)26(3)32(4)31;;;/h5-10,13,16-17,27-28H,11-12H2,1-4H3,(H,29,30);;;/t16-,17-,32?;;;/m1.../s1. The molecule has 0 aliphatic rings. The van der Waals surface area contributed by atoms with Crippen LogP contribution in [0.4, 0.5) is 10.3 Å². The van der Waals surface area contributed by atoms with Crippen molar-refractivity contribution in [2.24, 2.45) is 0 Å². The summed E-state index contributed by atoms with van der Waals surface area (Å²) >= 11 is -1.37. The van der Waals surface area contributed by atoms with E-state index in [0.717, 1.165) is 0 Å². The van der Waals surface area contributed by atoms with E-state index in [1.165, 1.54) is 28.8 Å². The van der Waals surface area contributed by atoms with Crippen LogP contribution in [0, 0.1) is 5.82 Å². The third-order valence-electron chi connectivity index (χ3n) is 4.70. The molecule has 1 unspecified atom stereocenters. The van der Waals surface area contributed by atoms with E-state index >= 15 is 0 Å². The van der Waals surface area contributed by atoms with Crippen LogP contribution in [0.25, 0.3) is 17.3 Å². The molecule has 8 nitrogen and oxygen atoms in total. The topological polar surface area (TPSA) is 130 Å². The van der Waals surface area contributed by atoms with Gasteiger partial charge in [0.25, 0.3) is 5.95 Å². The van der Waals surface area contributed by atoms with Gasteiger partial charge in [0.1, 0.15) is 12.1 Å². The van der Waals surface area contributed by atoms with Gasteiger partial charge in [-0.2, -0.15) is 4.31 Å². The molecule has 2 rings (SSSR count). The van der Waals surface area contributed by atoms with Crippen LogP contribution in [-0.4, -0.2) is 99.1 Å². The van der Waals surface area contributed by atoms with E-state index in [1.807, 2.05) is 13.8 Å². The summed E-state index contributed by atoms with van der Waals surface area (Å²) in [5, 5.41) is 28.8. The van der Waals surface area contributed by atoms with Crippen LogP contribution in [0.3, 0.4) is 0 Å². The van der Waals surface area contributed by atoms with Gasteiger partial charge in [-0.05, 0) is 30.2 Å². The zero-order valence-electron chi connectivity index (χ0n) is 18.4. The molecule has 1 aromatic heterocycles. The van der Waals surface area contributed by atoms with E-state index in [1.54, 1.807) is 25.3 Å². The molecule has 0 spiro atoms. The number of carboxylic acid groups (broad SMARTS) is 1. The summed E-state index contributed by atoms with van der Waals surface area (Å²) in [6.07, 6.45) is 1.63. The first-order valence-electron chi connectivity index (χ1n) is 10.0. The predicted octanol–water partition coefficient (Wildman–Crippen LogP) is 1.82. The average Bonchev–Trinajstić information content (AvgIpc) is 2.70. The van der Waals surface area contributed by atoms with Crippen LogP contribution in [0.15, 0.2) is 30.3 Å². The Morgan fingerprint density at radius 1 is 1.24 bits per heavy atom. The van der Waals surface area contributed by atoms with Crippen molar-refractivity contribution >= 4 is 67.1 Å². The fraction of sp³-hybridized carbons (Fsp3) is 0.409. The molecule has 0 radical (unpaired) electrons. The van der Waals surface area contributed by atoms with Gasteiger partial charge in [-0.3, -0.25) is 4.79 Å². The number of rotatable bonds is 10. The molecule has 2 aromatic rings. The first-order chi connectivity index (χ1) is 15.0. The van der Waals surface area contributed by atoms with Gasteiger partial charge in [-0.15, -0.1) is 0 Å². The van der Waals surface area contributed by atoms with Crippen LogP contribution >= 0.6 is 0 Å². The molecule has 3 atom stereocenters. The van der Waals surface area contributed by atoms with Crippen molar-refractivity contribution in [1.29, 1.82) is 0 Å². The molecule has 0 saturated heterocycles. The molecule has 0 saturated carbocycles. The normalized spacial score (nSPS) is 14.1. The van der Waals surface area contributed by atoms with Crippen molar-refractivity contribution in [1.82, 2.24) is 9.97 Å². The number of aliphatic hydroxyl groups excluding tert-OH is 2. The van der Waals surface area contributed by atoms with Gasteiger partial charge in [0.2, 0.25) is 0 Å². The van der Waals surface area contributed by atoms with E-state index in [9.17, 15) is 24.0 Å². The second kappa shape index (κ2) is 13.6. The number of hydrogen-bond donors (Lipinski definition) is 3. The molecule has 3 N–H and O–H groups in total. The number of carbonyl (C=O) groups is 1. The minimum absolute atomic E-state index is 0. The fourth-order valence-corrected chi connectivity index (χ4v) is 3.32. The van der Waals surface area contributed by atoms with Crippen LogP contribution in [0.1, 0.15) is 43.9 Å². The molecule has 0 bridgehead atoms. The fourth-order valence-electron chi connectivity index (χ4n) is 3.01. The zero-order valence-corrected chi connectivity index (χ0v) is 19.2. The van der Waals surface area contributed by atoms with E-state index < -0.39 is 41.8 Å². The molecule has 1 heterocycles. The average molecular weight is 508 g/mol. The number of nitrogens with zero attached hydrogens (tertiary/aromatic N) is 3. The van der Waals surface area contributed by atoms with Gasteiger partial charge in [0, 0.05) is 17.5 Å². The summed E-state index contributed by atoms with van der Waals surface area (Å²) < 4.78 is 26.9. The number of aliphatic hydroxyl groups is 2. The summed E-state index contributed by atoms with van der Waals surface area (Å²) in [4.78, 5) is 19.8. The molecular formula is C22H30CaFN3O5S. The van der Waals surface area contributed by atoms with E-state index in [-0.39, 0.29) is 56.0 Å². The number of benzene rings is 1. The van der Waals surface area contributed by atoms with Crippen molar-refractivity contribution in [2.75, 3.05) is 17.6 Å². The summed E-state index contributed by atoms with van der Waals surface area (Å²) in [7, 11) is 1.60. The van der Waals surface area contributed by atoms with Crippen molar-refractivity contribution in [3.8, 4) is 11.3 Å².